The summed E-state index contributed by atoms with van der Waals surface area (Å²) in [6.45, 7) is 12.6. The van der Waals surface area contributed by atoms with Gasteiger partial charge in [0.1, 0.15) is 0 Å². The second kappa shape index (κ2) is 8.90. The number of rotatable bonds is 9. The molecular weight excluding hydrogens is 240 g/mol. The molecule has 1 saturated heterocycles. The molecule has 19 heavy (non-hydrogen) atoms. The van der Waals surface area contributed by atoms with Crippen LogP contribution in [0.1, 0.15) is 40.0 Å². The van der Waals surface area contributed by atoms with Gasteiger partial charge in [0, 0.05) is 51.5 Å². The third-order valence-corrected chi connectivity index (χ3v) is 4.37. The molecule has 2 unspecified atom stereocenters. The fourth-order valence-corrected chi connectivity index (χ4v) is 2.59. The topological polar surface area (TPSA) is 33.7 Å². The molecule has 4 nitrogen and oxygen atoms in total. The summed E-state index contributed by atoms with van der Waals surface area (Å²) in [7, 11) is 1.73. The summed E-state index contributed by atoms with van der Waals surface area (Å²) in [5.74, 6) is 0. The van der Waals surface area contributed by atoms with Crippen LogP contribution in [0.4, 0.5) is 0 Å². The van der Waals surface area contributed by atoms with Gasteiger partial charge < -0.3 is 14.8 Å². The van der Waals surface area contributed by atoms with Gasteiger partial charge in [0.25, 0.3) is 0 Å². The van der Waals surface area contributed by atoms with E-state index in [4.69, 9.17) is 9.47 Å². The minimum Gasteiger partial charge on any atom is -0.385 e. The van der Waals surface area contributed by atoms with Crippen molar-refractivity contribution in [2.75, 3.05) is 46.6 Å². The Morgan fingerprint density at radius 1 is 1.26 bits per heavy atom. The fraction of sp³-hybridized carbons (Fsp3) is 1.00. The van der Waals surface area contributed by atoms with Gasteiger partial charge in [-0.25, -0.2) is 0 Å². The number of nitrogens with one attached hydrogen (secondary N) is 1. The highest BCUT2D eigenvalue weighted by molar-refractivity contribution is 4.94. The normalized spacial score (nSPS) is 28.7. The molecule has 1 heterocycles. The summed E-state index contributed by atoms with van der Waals surface area (Å²) in [5.41, 5.74) is 0.279. The number of nitrogens with zero attached hydrogens (tertiary/aromatic N) is 1. The molecule has 0 aromatic rings. The van der Waals surface area contributed by atoms with Gasteiger partial charge in [-0.1, -0.05) is 13.8 Å². The van der Waals surface area contributed by atoms with E-state index >= 15 is 0 Å². The van der Waals surface area contributed by atoms with Gasteiger partial charge >= 0.3 is 0 Å². The molecule has 0 aromatic heterocycles. The van der Waals surface area contributed by atoms with Crippen molar-refractivity contribution in [2.45, 2.75) is 51.6 Å². The summed E-state index contributed by atoms with van der Waals surface area (Å²) in [6, 6.07) is 0.633. The van der Waals surface area contributed by atoms with E-state index in [0.29, 0.717) is 6.04 Å². The first-order chi connectivity index (χ1) is 9.16. The van der Waals surface area contributed by atoms with Crippen LogP contribution in [0, 0.1) is 0 Å². The minimum absolute atomic E-state index is 0.279. The van der Waals surface area contributed by atoms with Gasteiger partial charge in [0.05, 0.1) is 6.61 Å². The number of piperazine rings is 1. The van der Waals surface area contributed by atoms with Crippen molar-refractivity contribution in [1.29, 1.82) is 0 Å². The van der Waals surface area contributed by atoms with E-state index in [2.05, 4.69) is 31.0 Å². The van der Waals surface area contributed by atoms with Gasteiger partial charge in [0.15, 0.2) is 0 Å². The second-order valence-electron chi connectivity index (χ2n) is 5.74. The Balaban J connectivity index is 2.30. The lowest BCUT2D eigenvalue weighted by molar-refractivity contribution is 0.0136. The molecule has 4 heteroatoms. The van der Waals surface area contributed by atoms with E-state index in [9.17, 15) is 0 Å². The Bertz CT molecular complexity index is 238. The number of hydrogen-bond donors (Lipinski definition) is 1. The Hall–Kier alpha value is -0.160. The van der Waals surface area contributed by atoms with Crippen LogP contribution in [0.3, 0.4) is 0 Å². The van der Waals surface area contributed by atoms with Crippen LogP contribution >= 0.6 is 0 Å². The minimum atomic E-state index is 0.279. The van der Waals surface area contributed by atoms with Crippen LogP contribution in [-0.2, 0) is 9.47 Å². The Morgan fingerprint density at radius 3 is 2.68 bits per heavy atom. The van der Waals surface area contributed by atoms with Gasteiger partial charge in [-0.2, -0.15) is 0 Å². The summed E-state index contributed by atoms with van der Waals surface area (Å²) in [6.07, 6.45) is 3.37. The Kier molecular flexibility index (Phi) is 7.91. The van der Waals surface area contributed by atoms with Crippen molar-refractivity contribution in [1.82, 2.24) is 10.2 Å². The van der Waals surface area contributed by atoms with Crippen molar-refractivity contribution in [3.8, 4) is 0 Å². The van der Waals surface area contributed by atoms with Crippen molar-refractivity contribution in [3.63, 3.8) is 0 Å². The lowest BCUT2D eigenvalue weighted by Crippen LogP contribution is -2.63. The van der Waals surface area contributed by atoms with E-state index < -0.39 is 0 Å². The monoisotopic (exact) mass is 272 g/mol. The number of methoxy groups -OCH3 is 1. The SMILES string of the molecule is CCC1CN(CCOCCCOC)C(C)(CC)CN1. The predicted octanol–water partition coefficient (Wildman–Crippen LogP) is 1.89. The molecule has 1 fully saturated rings. The Labute approximate surface area is 118 Å². The van der Waals surface area contributed by atoms with E-state index in [1.165, 1.54) is 12.8 Å². The van der Waals surface area contributed by atoms with Gasteiger partial charge in [0.2, 0.25) is 0 Å². The van der Waals surface area contributed by atoms with E-state index in [0.717, 1.165) is 45.9 Å². The van der Waals surface area contributed by atoms with Crippen LogP contribution < -0.4 is 5.32 Å². The maximum atomic E-state index is 5.70. The van der Waals surface area contributed by atoms with Gasteiger partial charge in [-0.3, -0.25) is 4.90 Å². The number of ether oxygens (including phenoxy) is 2. The van der Waals surface area contributed by atoms with E-state index in [1.54, 1.807) is 7.11 Å². The highest BCUT2D eigenvalue weighted by atomic mass is 16.5. The fourth-order valence-electron chi connectivity index (χ4n) is 2.59. The highest BCUT2D eigenvalue weighted by Crippen LogP contribution is 2.23. The molecule has 0 amide bonds. The Morgan fingerprint density at radius 2 is 2.05 bits per heavy atom. The standard InChI is InChI=1S/C15H32N2O2/c1-5-14-12-17(15(3,6-2)13-16-14)8-11-19-10-7-9-18-4/h14,16H,5-13H2,1-4H3. The average Bonchev–Trinajstić information content (AvgIpc) is 2.44. The van der Waals surface area contributed by atoms with Crippen LogP contribution in [0.2, 0.25) is 0 Å². The summed E-state index contributed by atoms with van der Waals surface area (Å²) in [5, 5.41) is 3.66. The lowest BCUT2D eigenvalue weighted by Gasteiger charge is -2.47. The smallest absolute Gasteiger partial charge is 0.0593 e. The van der Waals surface area contributed by atoms with Crippen molar-refractivity contribution >= 4 is 0 Å². The molecular formula is C15H32N2O2. The van der Waals surface area contributed by atoms with Crippen molar-refractivity contribution in [2.24, 2.45) is 0 Å². The summed E-state index contributed by atoms with van der Waals surface area (Å²) in [4.78, 5) is 2.61. The van der Waals surface area contributed by atoms with Crippen LogP contribution in [0.15, 0.2) is 0 Å². The lowest BCUT2D eigenvalue weighted by atomic mass is 9.91. The van der Waals surface area contributed by atoms with E-state index in [-0.39, 0.29) is 5.54 Å². The zero-order valence-corrected chi connectivity index (χ0v) is 13.2. The third-order valence-electron chi connectivity index (χ3n) is 4.37. The third kappa shape index (κ3) is 5.38. The van der Waals surface area contributed by atoms with E-state index in [1.807, 2.05) is 0 Å². The van der Waals surface area contributed by atoms with Crippen LogP contribution in [0.25, 0.3) is 0 Å². The van der Waals surface area contributed by atoms with Crippen LogP contribution in [0.5, 0.6) is 0 Å². The first kappa shape index (κ1) is 16.9. The molecule has 1 aliphatic heterocycles. The average molecular weight is 272 g/mol. The molecule has 0 bridgehead atoms. The molecule has 0 aromatic carbocycles. The molecule has 1 N–H and O–H groups in total. The van der Waals surface area contributed by atoms with Crippen molar-refractivity contribution < 1.29 is 9.47 Å². The zero-order chi connectivity index (χ0) is 14.1. The molecule has 0 saturated carbocycles. The predicted molar refractivity (Wildman–Crippen MR) is 79.7 cm³/mol. The summed E-state index contributed by atoms with van der Waals surface area (Å²) >= 11 is 0. The molecule has 1 aliphatic rings. The molecule has 2 atom stereocenters. The molecule has 114 valence electrons. The maximum absolute atomic E-state index is 5.70. The van der Waals surface area contributed by atoms with Crippen molar-refractivity contribution in [3.05, 3.63) is 0 Å². The molecule has 0 spiro atoms. The summed E-state index contributed by atoms with van der Waals surface area (Å²) < 4.78 is 10.7. The molecule has 1 rings (SSSR count). The molecule has 0 aliphatic carbocycles. The van der Waals surface area contributed by atoms with Crippen LogP contribution in [-0.4, -0.2) is 63.0 Å². The number of hydrogen-bond acceptors (Lipinski definition) is 4. The zero-order valence-electron chi connectivity index (χ0n) is 13.2. The largest absolute Gasteiger partial charge is 0.385 e. The highest BCUT2D eigenvalue weighted by Gasteiger charge is 2.35. The second-order valence-corrected chi connectivity index (χ2v) is 5.74. The molecule has 0 radical (unpaired) electrons. The van der Waals surface area contributed by atoms with Gasteiger partial charge in [-0.05, 0) is 26.2 Å². The maximum Gasteiger partial charge on any atom is 0.0593 e. The first-order valence-corrected chi connectivity index (χ1v) is 7.71. The quantitative estimate of drug-likeness (QED) is 0.650. The first-order valence-electron chi connectivity index (χ1n) is 7.71. The van der Waals surface area contributed by atoms with Gasteiger partial charge in [-0.15, -0.1) is 0 Å².